The van der Waals surface area contributed by atoms with Gasteiger partial charge in [0.2, 0.25) is 0 Å². The summed E-state index contributed by atoms with van der Waals surface area (Å²) in [4.78, 5) is 0.469. The van der Waals surface area contributed by atoms with Crippen LogP contribution in [0.15, 0.2) is 23.1 Å². The van der Waals surface area contributed by atoms with Crippen molar-refractivity contribution in [2.45, 2.75) is 41.2 Å². The zero-order valence-corrected chi connectivity index (χ0v) is 12.7. The summed E-state index contributed by atoms with van der Waals surface area (Å²) in [7, 11) is 1.91. The van der Waals surface area contributed by atoms with E-state index in [1.54, 1.807) is 0 Å². The summed E-state index contributed by atoms with van der Waals surface area (Å²) in [6, 6.07) is 3.98. The molecule has 1 aliphatic carbocycles. The molecule has 1 saturated heterocycles. The van der Waals surface area contributed by atoms with Gasteiger partial charge in [-0.05, 0) is 25.6 Å². The zero-order chi connectivity index (χ0) is 14.9. The molecule has 0 radical (unpaired) electrons. The van der Waals surface area contributed by atoms with Crippen LogP contribution in [0.1, 0.15) is 19.3 Å². The third kappa shape index (κ3) is 3.23. The fourth-order valence-corrected chi connectivity index (χ4v) is 4.48. The quantitative estimate of drug-likeness (QED) is 0.929. The van der Waals surface area contributed by atoms with E-state index in [1.807, 2.05) is 7.05 Å². The predicted octanol–water partition coefficient (Wildman–Crippen LogP) is 2.94. The van der Waals surface area contributed by atoms with Gasteiger partial charge in [0, 0.05) is 35.1 Å². The van der Waals surface area contributed by atoms with Crippen molar-refractivity contribution in [1.82, 2.24) is 5.32 Å². The normalized spacial score (nSPS) is 28.1. The summed E-state index contributed by atoms with van der Waals surface area (Å²) in [5.74, 6) is -1.58. The smallest absolute Gasteiger partial charge is 0.169 e. The Labute approximate surface area is 127 Å². The molecule has 1 heterocycles. The molecule has 21 heavy (non-hydrogen) atoms. The minimum atomic E-state index is -0.551. The van der Waals surface area contributed by atoms with Crippen LogP contribution in [-0.2, 0) is 9.47 Å². The van der Waals surface area contributed by atoms with Crippen LogP contribution in [0.3, 0.4) is 0 Å². The highest BCUT2D eigenvalue weighted by Gasteiger charge is 2.45. The number of halogens is 2. The lowest BCUT2D eigenvalue weighted by atomic mass is 9.89. The van der Waals surface area contributed by atoms with Crippen LogP contribution in [0.5, 0.6) is 0 Å². The molecule has 6 heteroatoms. The molecule has 2 unspecified atom stereocenters. The molecule has 1 aromatic carbocycles. The van der Waals surface area contributed by atoms with E-state index < -0.39 is 17.4 Å². The van der Waals surface area contributed by atoms with Crippen molar-refractivity contribution >= 4 is 11.8 Å². The second-order valence-corrected chi connectivity index (χ2v) is 6.76. The van der Waals surface area contributed by atoms with Crippen molar-refractivity contribution in [3.05, 3.63) is 29.8 Å². The first-order valence-electron chi connectivity index (χ1n) is 7.19. The van der Waals surface area contributed by atoms with Gasteiger partial charge in [-0.15, -0.1) is 11.8 Å². The maximum atomic E-state index is 13.9. The number of ether oxygens (including phenoxy) is 2. The van der Waals surface area contributed by atoms with E-state index in [1.165, 1.54) is 23.9 Å². The lowest BCUT2D eigenvalue weighted by Crippen LogP contribution is -2.48. The maximum Gasteiger partial charge on any atom is 0.169 e. The SMILES string of the molecule is CNC1CCC2(CC1Sc1ccc(F)cc1F)OCCO2. The van der Waals surface area contributed by atoms with Crippen molar-refractivity contribution in [3.63, 3.8) is 0 Å². The van der Waals surface area contributed by atoms with Crippen LogP contribution in [0.2, 0.25) is 0 Å². The molecular weight excluding hydrogens is 296 g/mol. The molecule has 3 nitrogen and oxygen atoms in total. The average molecular weight is 315 g/mol. The molecule has 2 aliphatic rings. The van der Waals surface area contributed by atoms with Crippen molar-refractivity contribution < 1.29 is 18.3 Å². The first-order valence-corrected chi connectivity index (χ1v) is 8.07. The summed E-state index contributed by atoms with van der Waals surface area (Å²) < 4.78 is 38.4. The highest BCUT2D eigenvalue weighted by Crippen LogP contribution is 2.43. The lowest BCUT2D eigenvalue weighted by Gasteiger charge is -2.40. The second-order valence-electron chi connectivity index (χ2n) is 5.48. The number of thioether (sulfide) groups is 1. The largest absolute Gasteiger partial charge is 0.347 e. The number of hydrogen-bond acceptors (Lipinski definition) is 4. The van der Waals surface area contributed by atoms with E-state index >= 15 is 0 Å². The fraction of sp³-hybridized carbons (Fsp3) is 0.600. The van der Waals surface area contributed by atoms with E-state index in [4.69, 9.17) is 9.47 Å². The lowest BCUT2D eigenvalue weighted by molar-refractivity contribution is -0.177. The van der Waals surface area contributed by atoms with Crippen LogP contribution in [0, 0.1) is 11.6 Å². The van der Waals surface area contributed by atoms with E-state index in [2.05, 4.69) is 5.32 Å². The molecule has 0 aromatic heterocycles. The van der Waals surface area contributed by atoms with Crippen molar-refractivity contribution in [1.29, 1.82) is 0 Å². The number of benzene rings is 1. The fourth-order valence-electron chi connectivity index (χ4n) is 3.06. The summed E-state index contributed by atoms with van der Waals surface area (Å²) in [5.41, 5.74) is 0. The maximum absolute atomic E-state index is 13.9. The van der Waals surface area contributed by atoms with Crippen molar-refractivity contribution in [2.24, 2.45) is 0 Å². The Morgan fingerprint density at radius 1 is 1.29 bits per heavy atom. The Hall–Kier alpha value is -0.690. The minimum Gasteiger partial charge on any atom is -0.347 e. The minimum absolute atomic E-state index is 0.127. The van der Waals surface area contributed by atoms with E-state index in [9.17, 15) is 8.78 Å². The van der Waals surface area contributed by atoms with Crippen LogP contribution in [-0.4, -0.2) is 37.3 Å². The van der Waals surface area contributed by atoms with Crippen molar-refractivity contribution in [2.75, 3.05) is 20.3 Å². The number of nitrogens with one attached hydrogen (secondary N) is 1. The Morgan fingerprint density at radius 3 is 2.71 bits per heavy atom. The predicted molar refractivity (Wildman–Crippen MR) is 77.3 cm³/mol. The first-order chi connectivity index (χ1) is 10.1. The first kappa shape index (κ1) is 15.2. The molecule has 2 atom stereocenters. The van der Waals surface area contributed by atoms with Gasteiger partial charge in [0.15, 0.2) is 5.79 Å². The zero-order valence-electron chi connectivity index (χ0n) is 11.9. The van der Waals surface area contributed by atoms with Gasteiger partial charge in [-0.2, -0.15) is 0 Å². The Morgan fingerprint density at radius 2 is 2.05 bits per heavy atom. The van der Waals surface area contributed by atoms with Crippen molar-refractivity contribution in [3.8, 4) is 0 Å². The van der Waals surface area contributed by atoms with E-state index in [-0.39, 0.29) is 11.3 Å². The van der Waals surface area contributed by atoms with Gasteiger partial charge in [-0.3, -0.25) is 0 Å². The molecule has 1 saturated carbocycles. The molecular formula is C15H19F2NO2S. The molecule has 2 fully saturated rings. The van der Waals surface area contributed by atoms with E-state index in [0.717, 1.165) is 18.9 Å². The Bertz CT molecular complexity index is 508. The average Bonchev–Trinajstić information content (AvgIpc) is 2.90. The van der Waals surface area contributed by atoms with Gasteiger partial charge < -0.3 is 14.8 Å². The summed E-state index contributed by atoms with van der Waals surface area (Å²) in [5, 5.41) is 3.41. The molecule has 1 N–H and O–H groups in total. The third-order valence-electron chi connectivity index (χ3n) is 4.15. The number of hydrogen-bond donors (Lipinski definition) is 1. The highest BCUT2D eigenvalue weighted by atomic mass is 32.2. The Kier molecular flexibility index (Phi) is 4.49. The number of rotatable bonds is 3. The molecule has 0 amide bonds. The molecule has 0 bridgehead atoms. The van der Waals surface area contributed by atoms with Crippen LogP contribution in [0.4, 0.5) is 8.78 Å². The van der Waals surface area contributed by atoms with Gasteiger partial charge in [-0.25, -0.2) is 8.78 Å². The van der Waals surface area contributed by atoms with E-state index in [0.29, 0.717) is 24.5 Å². The molecule has 116 valence electrons. The molecule has 1 aromatic rings. The molecule has 3 rings (SSSR count). The highest BCUT2D eigenvalue weighted by molar-refractivity contribution is 8.00. The van der Waals surface area contributed by atoms with Crippen LogP contribution in [0.25, 0.3) is 0 Å². The van der Waals surface area contributed by atoms with Crippen LogP contribution < -0.4 is 5.32 Å². The van der Waals surface area contributed by atoms with Gasteiger partial charge in [-0.1, -0.05) is 0 Å². The van der Waals surface area contributed by atoms with Gasteiger partial charge in [0.25, 0.3) is 0 Å². The van der Waals surface area contributed by atoms with Gasteiger partial charge in [0.05, 0.1) is 13.2 Å². The standard InChI is InChI=1S/C15H19F2NO2S/c1-18-12-4-5-15(19-6-7-20-15)9-14(12)21-13-3-2-10(16)8-11(13)17/h2-3,8,12,14,18H,4-7,9H2,1H3. The molecule has 1 spiro atoms. The summed E-state index contributed by atoms with van der Waals surface area (Å²) >= 11 is 1.43. The Balaban J connectivity index is 1.76. The second kappa shape index (κ2) is 6.20. The summed E-state index contributed by atoms with van der Waals surface area (Å²) in [6.07, 6.45) is 2.47. The van der Waals surface area contributed by atoms with Crippen LogP contribution >= 0.6 is 11.8 Å². The monoisotopic (exact) mass is 315 g/mol. The van der Waals surface area contributed by atoms with Gasteiger partial charge in [0.1, 0.15) is 11.6 Å². The summed E-state index contributed by atoms with van der Waals surface area (Å²) in [6.45, 7) is 1.24. The topological polar surface area (TPSA) is 30.5 Å². The van der Waals surface area contributed by atoms with Gasteiger partial charge >= 0.3 is 0 Å². The molecule has 1 aliphatic heterocycles. The third-order valence-corrected chi connectivity index (χ3v) is 5.54.